The molecule has 0 radical (unpaired) electrons. The van der Waals surface area contributed by atoms with Crippen LogP contribution >= 0.6 is 0 Å². The highest BCUT2D eigenvalue weighted by molar-refractivity contribution is 5.68. The molecule has 0 bridgehead atoms. The molecule has 0 spiro atoms. The maximum absolute atomic E-state index is 12.5. The predicted octanol–water partition coefficient (Wildman–Crippen LogP) is 11.0. The minimum atomic E-state index is -1.12. The van der Waals surface area contributed by atoms with Gasteiger partial charge in [-0.2, -0.15) is 0 Å². The summed E-state index contributed by atoms with van der Waals surface area (Å²) < 4.78 is 0. The molecule has 0 saturated heterocycles. The Balaban J connectivity index is 1.55. The van der Waals surface area contributed by atoms with E-state index in [0.717, 1.165) is 110 Å². The Morgan fingerprint density at radius 3 is 1.34 bits per heavy atom. The number of para-hydroxylation sites is 2. The molecular weight excluding hydrogens is 580 g/mol. The fourth-order valence-electron chi connectivity index (χ4n) is 9.39. The third-order valence-electron chi connectivity index (χ3n) is 11.8. The average molecular weight is 631 g/mol. The Labute approximate surface area is 280 Å². The molecule has 4 heteroatoms. The number of hydrogen-bond donors (Lipinski definition) is 4. The monoisotopic (exact) mass is 630 g/mol. The van der Waals surface area contributed by atoms with Gasteiger partial charge in [0.05, 0.1) is 5.41 Å². The molecule has 3 aliphatic carbocycles. The predicted molar refractivity (Wildman–Crippen MR) is 189 cm³/mol. The molecule has 0 heterocycles. The quantitative estimate of drug-likeness (QED) is 0.153. The van der Waals surface area contributed by atoms with Crippen LogP contribution < -0.4 is 0 Å². The van der Waals surface area contributed by atoms with E-state index in [0.29, 0.717) is 17.1 Å². The molecule has 0 aromatic heterocycles. The maximum atomic E-state index is 12.5. The molecule has 3 fully saturated rings. The van der Waals surface area contributed by atoms with Crippen LogP contribution in [0, 0.1) is 0 Å². The highest BCUT2D eigenvalue weighted by atomic mass is 16.3. The standard InChI is InChI=1S/C43H50O4/c44-39-25-23-32(27-35(39)30-15-6-2-7-16-30)43(37-20-10-11-22-41(37)46,33-24-26-40(45)36(28-33)31-17-8-3-9-18-31)38-21-12-19-34(42(38)47)29-13-4-1-5-14-29/h10-12,19-31,44-47H,1-9,13-18H2. The number of benzene rings is 4. The number of rotatable bonds is 7. The molecule has 246 valence electrons. The average Bonchev–Trinajstić information content (AvgIpc) is 3.12. The summed E-state index contributed by atoms with van der Waals surface area (Å²) in [5, 5.41) is 46.9. The van der Waals surface area contributed by atoms with Crippen LogP contribution in [0.2, 0.25) is 0 Å². The minimum Gasteiger partial charge on any atom is -0.508 e. The normalized spacial score (nSPS) is 18.7. The van der Waals surface area contributed by atoms with Crippen molar-refractivity contribution in [3.8, 4) is 23.0 Å². The summed E-state index contributed by atoms with van der Waals surface area (Å²) in [6.45, 7) is 0. The van der Waals surface area contributed by atoms with Gasteiger partial charge in [0.1, 0.15) is 23.0 Å². The van der Waals surface area contributed by atoms with Crippen molar-refractivity contribution in [3.63, 3.8) is 0 Å². The van der Waals surface area contributed by atoms with E-state index in [2.05, 4.69) is 24.3 Å². The van der Waals surface area contributed by atoms with Gasteiger partial charge in [-0.05, 0) is 102 Å². The van der Waals surface area contributed by atoms with E-state index in [9.17, 15) is 20.4 Å². The van der Waals surface area contributed by atoms with Crippen LogP contribution in [0.1, 0.15) is 153 Å². The van der Waals surface area contributed by atoms with E-state index < -0.39 is 5.41 Å². The van der Waals surface area contributed by atoms with Crippen LogP contribution in [0.25, 0.3) is 0 Å². The fraction of sp³-hybridized carbons (Fsp3) is 0.442. The highest BCUT2D eigenvalue weighted by Crippen LogP contribution is 2.55. The lowest BCUT2D eigenvalue weighted by molar-refractivity contribution is 0.405. The number of aromatic hydroxyl groups is 4. The fourth-order valence-corrected chi connectivity index (χ4v) is 9.39. The Morgan fingerprint density at radius 2 is 0.851 bits per heavy atom. The van der Waals surface area contributed by atoms with Crippen molar-refractivity contribution in [2.24, 2.45) is 0 Å². The molecule has 4 nitrogen and oxygen atoms in total. The van der Waals surface area contributed by atoms with Gasteiger partial charge in [0.15, 0.2) is 0 Å². The number of phenols is 4. The summed E-state index contributed by atoms with van der Waals surface area (Å²) in [4.78, 5) is 0. The van der Waals surface area contributed by atoms with Crippen LogP contribution in [0.15, 0.2) is 78.9 Å². The molecule has 3 aliphatic rings. The molecule has 0 amide bonds. The van der Waals surface area contributed by atoms with Crippen molar-refractivity contribution in [1.29, 1.82) is 0 Å². The SMILES string of the molecule is Oc1ccc(C(c2ccc(O)c(C3CCCCC3)c2)(c2ccccc2O)c2cccc(C3CCCCC3)c2O)cc1C1CCCCC1. The lowest BCUT2D eigenvalue weighted by atomic mass is 9.62. The highest BCUT2D eigenvalue weighted by Gasteiger charge is 2.44. The summed E-state index contributed by atoms with van der Waals surface area (Å²) in [5.74, 6) is 1.83. The summed E-state index contributed by atoms with van der Waals surface area (Å²) in [5.41, 5.74) is 4.93. The van der Waals surface area contributed by atoms with Crippen LogP contribution in [0.4, 0.5) is 0 Å². The van der Waals surface area contributed by atoms with Gasteiger partial charge in [-0.3, -0.25) is 0 Å². The van der Waals surface area contributed by atoms with E-state index in [1.54, 1.807) is 6.07 Å². The van der Waals surface area contributed by atoms with Gasteiger partial charge < -0.3 is 20.4 Å². The first-order chi connectivity index (χ1) is 23.0. The Hall–Kier alpha value is -3.92. The van der Waals surface area contributed by atoms with Crippen LogP contribution in [0.3, 0.4) is 0 Å². The molecule has 47 heavy (non-hydrogen) atoms. The first-order valence-electron chi connectivity index (χ1n) is 18.3. The Bertz CT molecular complexity index is 1620. The smallest absolute Gasteiger partial charge is 0.123 e. The van der Waals surface area contributed by atoms with E-state index in [-0.39, 0.29) is 29.3 Å². The zero-order valence-corrected chi connectivity index (χ0v) is 27.6. The second-order valence-corrected chi connectivity index (χ2v) is 14.6. The molecular formula is C43H50O4. The van der Waals surface area contributed by atoms with Crippen molar-refractivity contribution >= 4 is 0 Å². The second-order valence-electron chi connectivity index (χ2n) is 14.6. The third-order valence-corrected chi connectivity index (χ3v) is 11.8. The van der Waals surface area contributed by atoms with Crippen molar-refractivity contribution in [2.45, 2.75) is 119 Å². The van der Waals surface area contributed by atoms with Gasteiger partial charge in [-0.15, -0.1) is 0 Å². The lowest BCUT2D eigenvalue weighted by Gasteiger charge is -2.39. The topological polar surface area (TPSA) is 80.9 Å². The largest absolute Gasteiger partial charge is 0.508 e. The third kappa shape index (κ3) is 5.90. The molecule has 0 aliphatic heterocycles. The van der Waals surface area contributed by atoms with E-state index in [1.165, 1.54) is 19.3 Å². The van der Waals surface area contributed by atoms with Crippen LogP contribution in [-0.4, -0.2) is 20.4 Å². The lowest BCUT2D eigenvalue weighted by Crippen LogP contribution is -2.32. The van der Waals surface area contributed by atoms with Crippen LogP contribution in [0.5, 0.6) is 23.0 Å². The first-order valence-corrected chi connectivity index (χ1v) is 18.3. The van der Waals surface area contributed by atoms with Gasteiger partial charge in [-0.25, -0.2) is 0 Å². The summed E-state index contributed by atoms with van der Waals surface area (Å²) >= 11 is 0. The van der Waals surface area contributed by atoms with E-state index >= 15 is 0 Å². The summed E-state index contributed by atoms with van der Waals surface area (Å²) in [6, 6.07) is 25.6. The summed E-state index contributed by atoms with van der Waals surface area (Å²) in [7, 11) is 0. The van der Waals surface area contributed by atoms with Gasteiger partial charge in [0.2, 0.25) is 0 Å². The molecule has 0 unspecified atom stereocenters. The second kappa shape index (κ2) is 13.7. The minimum absolute atomic E-state index is 0.148. The van der Waals surface area contributed by atoms with E-state index in [4.69, 9.17) is 0 Å². The molecule has 3 saturated carbocycles. The molecule has 0 atom stereocenters. The zero-order chi connectivity index (χ0) is 32.4. The van der Waals surface area contributed by atoms with E-state index in [1.807, 2.05) is 48.5 Å². The van der Waals surface area contributed by atoms with Crippen molar-refractivity contribution in [2.75, 3.05) is 0 Å². The summed E-state index contributed by atoms with van der Waals surface area (Å²) in [6.07, 6.45) is 16.8. The van der Waals surface area contributed by atoms with Gasteiger partial charge in [0, 0.05) is 11.1 Å². The maximum Gasteiger partial charge on any atom is 0.123 e. The molecule has 4 aromatic rings. The van der Waals surface area contributed by atoms with Crippen LogP contribution in [-0.2, 0) is 5.41 Å². The van der Waals surface area contributed by atoms with Gasteiger partial charge >= 0.3 is 0 Å². The molecule has 4 N–H and O–H groups in total. The molecule has 4 aromatic carbocycles. The Kier molecular flexibility index (Phi) is 9.21. The van der Waals surface area contributed by atoms with Gasteiger partial charge in [0.25, 0.3) is 0 Å². The van der Waals surface area contributed by atoms with Gasteiger partial charge in [-0.1, -0.05) is 118 Å². The van der Waals surface area contributed by atoms with Crippen molar-refractivity contribution < 1.29 is 20.4 Å². The Morgan fingerprint density at radius 1 is 0.404 bits per heavy atom. The number of hydrogen-bond acceptors (Lipinski definition) is 4. The first kappa shape index (κ1) is 31.7. The molecule has 7 rings (SSSR count). The zero-order valence-electron chi connectivity index (χ0n) is 27.6. The van der Waals surface area contributed by atoms with Crippen molar-refractivity contribution in [1.82, 2.24) is 0 Å². The van der Waals surface area contributed by atoms with Crippen molar-refractivity contribution in [3.05, 3.63) is 118 Å². The number of phenolic OH excluding ortho intramolecular Hbond substituents is 4.